The van der Waals surface area contributed by atoms with Crippen molar-refractivity contribution in [2.45, 2.75) is 25.7 Å². The van der Waals surface area contributed by atoms with Gasteiger partial charge in [-0.3, -0.25) is 14.4 Å². The molecular formula is C34H35NO6S. The summed E-state index contributed by atoms with van der Waals surface area (Å²) in [6.45, 7) is 3.90. The number of carbonyl (C=O) groups excluding carboxylic acids is 3. The van der Waals surface area contributed by atoms with Crippen molar-refractivity contribution in [2.24, 2.45) is 16.8 Å². The molecule has 1 unspecified atom stereocenters. The number of ether oxygens (including phenoxy) is 3. The molecule has 0 saturated heterocycles. The van der Waals surface area contributed by atoms with E-state index in [1.807, 2.05) is 97.9 Å². The summed E-state index contributed by atoms with van der Waals surface area (Å²) in [5.41, 5.74) is 2.79. The van der Waals surface area contributed by atoms with Crippen LogP contribution in [0.2, 0.25) is 0 Å². The van der Waals surface area contributed by atoms with Crippen LogP contribution in [0.3, 0.4) is 0 Å². The molecule has 0 spiro atoms. The third kappa shape index (κ3) is 6.19. The highest BCUT2D eigenvalue weighted by atomic mass is 32.2. The van der Waals surface area contributed by atoms with Crippen molar-refractivity contribution in [3.8, 4) is 0 Å². The third-order valence-electron chi connectivity index (χ3n) is 7.34. The van der Waals surface area contributed by atoms with E-state index in [9.17, 15) is 14.4 Å². The number of esters is 3. The number of thioether (sulfide) groups is 1. The number of hydrogen-bond donors (Lipinski definition) is 0. The molecule has 4 rings (SSSR count). The monoisotopic (exact) mass is 585 g/mol. The molecule has 2 atom stereocenters. The minimum absolute atomic E-state index is 0.105. The van der Waals surface area contributed by atoms with Gasteiger partial charge < -0.3 is 14.2 Å². The van der Waals surface area contributed by atoms with E-state index < -0.39 is 35.2 Å². The van der Waals surface area contributed by atoms with Gasteiger partial charge in [-0.1, -0.05) is 91.9 Å². The Bertz CT molecular complexity index is 1410. The Morgan fingerprint density at radius 1 is 0.810 bits per heavy atom. The molecule has 3 aromatic rings. The number of hydrogen-bond acceptors (Lipinski definition) is 8. The lowest BCUT2D eigenvalue weighted by Gasteiger charge is -2.38. The Morgan fingerprint density at radius 2 is 1.36 bits per heavy atom. The van der Waals surface area contributed by atoms with E-state index in [0.717, 1.165) is 22.3 Å². The number of para-hydroxylation sites is 1. The average Bonchev–Trinajstić information content (AvgIpc) is 3.33. The average molecular weight is 586 g/mol. The van der Waals surface area contributed by atoms with E-state index in [1.165, 1.54) is 26.0 Å². The molecule has 1 aliphatic rings. The zero-order valence-corrected chi connectivity index (χ0v) is 25.1. The Hall–Kier alpha value is -4.17. The van der Waals surface area contributed by atoms with E-state index >= 15 is 0 Å². The summed E-state index contributed by atoms with van der Waals surface area (Å²) in [5, 5.41) is 0.624. The second-order valence-electron chi connectivity index (χ2n) is 9.68. The molecule has 0 amide bonds. The first-order valence-electron chi connectivity index (χ1n) is 13.9. The van der Waals surface area contributed by atoms with Crippen LogP contribution in [0, 0.1) is 11.8 Å². The number of benzene rings is 3. The summed E-state index contributed by atoms with van der Waals surface area (Å²) >= 11 is 1.47. The van der Waals surface area contributed by atoms with Gasteiger partial charge in [0.2, 0.25) is 0 Å². The van der Waals surface area contributed by atoms with Crippen LogP contribution in [0.25, 0.3) is 5.57 Å². The Balaban J connectivity index is 2.08. The lowest BCUT2D eigenvalue weighted by atomic mass is 9.65. The predicted octanol–water partition coefficient (Wildman–Crippen LogP) is 6.38. The molecule has 0 N–H and O–H groups in total. The maximum Gasteiger partial charge on any atom is 0.320 e. The highest BCUT2D eigenvalue weighted by molar-refractivity contribution is 8.14. The summed E-state index contributed by atoms with van der Waals surface area (Å²) in [5.74, 6) is -3.61. The van der Waals surface area contributed by atoms with Gasteiger partial charge >= 0.3 is 17.9 Å². The molecule has 3 aromatic carbocycles. The van der Waals surface area contributed by atoms with Crippen LogP contribution in [0.5, 0.6) is 0 Å². The molecule has 8 heteroatoms. The number of aliphatic imine (C=N–C) groups is 1. The molecule has 0 aliphatic carbocycles. The Morgan fingerprint density at radius 3 is 1.88 bits per heavy atom. The first kappa shape index (κ1) is 30.8. The summed E-state index contributed by atoms with van der Waals surface area (Å²) in [6, 6.07) is 27.1. The number of rotatable bonds is 11. The van der Waals surface area contributed by atoms with Gasteiger partial charge in [0.25, 0.3) is 0 Å². The zero-order valence-electron chi connectivity index (χ0n) is 24.2. The van der Waals surface area contributed by atoms with Crippen molar-refractivity contribution in [3.63, 3.8) is 0 Å². The summed E-state index contributed by atoms with van der Waals surface area (Å²) < 4.78 is 15.9. The van der Waals surface area contributed by atoms with Gasteiger partial charge in [-0.05, 0) is 47.4 Å². The topological polar surface area (TPSA) is 91.3 Å². The van der Waals surface area contributed by atoms with Crippen molar-refractivity contribution >= 4 is 46.0 Å². The van der Waals surface area contributed by atoms with Gasteiger partial charge in [-0.15, -0.1) is 11.8 Å². The second-order valence-corrected chi connectivity index (χ2v) is 10.9. The number of carbonyl (C=O) groups is 3. The van der Waals surface area contributed by atoms with Crippen molar-refractivity contribution in [1.82, 2.24) is 0 Å². The molecule has 0 fully saturated rings. The fraction of sp³-hybridized carbons (Fsp3) is 0.294. The lowest BCUT2D eigenvalue weighted by Crippen LogP contribution is -2.47. The van der Waals surface area contributed by atoms with Gasteiger partial charge in [0.05, 0.1) is 42.9 Å². The minimum Gasteiger partial charge on any atom is -0.468 e. The van der Waals surface area contributed by atoms with E-state index in [2.05, 4.69) is 0 Å². The highest BCUT2D eigenvalue weighted by Gasteiger charge is 2.55. The second kappa shape index (κ2) is 14.1. The molecule has 0 saturated carbocycles. The van der Waals surface area contributed by atoms with Crippen molar-refractivity contribution < 1.29 is 28.6 Å². The van der Waals surface area contributed by atoms with Crippen molar-refractivity contribution in [1.29, 1.82) is 0 Å². The molecule has 1 heterocycles. The molecule has 42 heavy (non-hydrogen) atoms. The highest BCUT2D eigenvalue weighted by Crippen LogP contribution is 2.53. The fourth-order valence-electron chi connectivity index (χ4n) is 5.47. The van der Waals surface area contributed by atoms with Gasteiger partial charge in [-0.2, -0.15) is 0 Å². The molecule has 0 bridgehead atoms. The lowest BCUT2D eigenvalue weighted by molar-refractivity contribution is -0.161. The van der Waals surface area contributed by atoms with E-state index in [-0.39, 0.29) is 13.0 Å². The van der Waals surface area contributed by atoms with Gasteiger partial charge in [0.1, 0.15) is 0 Å². The quantitative estimate of drug-likeness (QED) is 0.146. The summed E-state index contributed by atoms with van der Waals surface area (Å²) in [6.07, 6.45) is 1.80. The third-order valence-corrected chi connectivity index (χ3v) is 8.36. The minimum atomic E-state index is -1.31. The van der Waals surface area contributed by atoms with Crippen LogP contribution >= 0.6 is 11.8 Å². The zero-order chi connectivity index (χ0) is 30.1. The van der Waals surface area contributed by atoms with Crippen LogP contribution in [0.15, 0.2) is 96.0 Å². The standard InChI is InChI=1S/C34H35NO6S/c1-5-41-32(38)28(21-25(23-15-9-7-10-16-23)24-17-11-8-12-18-24)34(22-26(30(36)39-3)31(37)40-4)27-19-13-14-20-29(27)35-33(34)42-6-2/h7-21,26,28H,5-6,22H2,1-4H3/t28?,34-/m1/s1. The molecular weight excluding hydrogens is 550 g/mol. The van der Waals surface area contributed by atoms with E-state index in [0.29, 0.717) is 16.5 Å². The summed E-state index contributed by atoms with van der Waals surface area (Å²) in [7, 11) is 2.46. The maximum absolute atomic E-state index is 14.2. The van der Waals surface area contributed by atoms with Gasteiger partial charge in [0.15, 0.2) is 5.92 Å². The fourth-order valence-corrected chi connectivity index (χ4v) is 6.48. The Labute approximate surface area is 251 Å². The first-order valence-corrected chi connectivity index (χ1v) is 14.9. The first-order chi connectivity index (χ1) is 20.4. The predicted molar refractivity (Wildman–Crippen MR) is 166 cm³/mol. The molecule has 0 aromatic heterocycles. The van der Waals surface area contributed by atoms with Crippen LogP contribution in [0.4, 0.5) is 5.69 Å². The van der Waals surface area contributed by atoms with Crippen molar-refractivity contribution in [2.75, 3.05) is 26.6 Å². The molecule has 7 nitrogen and oxygen atoms in total. The van der Waals surface area contributed by atoms with E-state index in [1.54, 1.807) is 6.92 Å². The maximum atomic E-state index is 14.2. The van der Waals surface area contributed by atoms with Crippen molar-refractivity contribution in [3.05, 3.63) is 108 Å². The molecule has 1 aliphatic heterocycles. The van der Waals surface area contributed by atoms with E-state index in [4.69, 9.17) is 19.2 Å². The van der Waals surface area contributed by atoms with Crippen LogP contribution in [-0.4, -0.2) is 49.5 Å². The number of nitrogens with zero attached hydrogens (tertiary/aromatic N) is 1. The SMILES string of the molecule is CCOC(=O)C(C=C(c1ccccc1)c1ccccc1)[C@]1(CC(C(=O)OC)C(=O)OC)C(SCC)=Nc2ccccc21. The molecule has 0 radical (unpaired) electrons. The van der Waals surface area contributed by atoms with Crippen LogP contribution < -0.4 is 0 Å². The largest absolute Gasteiger partial charge is 0.468 e. The Kier molecular flexibility index (Phi) is 10.4. The summed E-state index contributed by atoms with van der Waals surface area (Å²) in [4.78, 5) is 45.4. The van der Waals surface area contributed by atoms with Crippen LogP contribution in [-0.2, 0) is 34.0 Å². The number of fused-ring (bicyclic) bond motifs is 1. The number of methoxy groups -OCH3 is 2. The van der Waals surface area contributed by atoms with Crippen LogP contribution in [0.1, 0.15) is 37.0 Å². The van der Waals surface area contributed by atoms with Gasteiger partial charge in [-0.25, -0.2) is 4.99 Å². The van der Waals surface area contributed by atoms with Gasteiger partial charge in [0, 0.05) is 0 Å². The normalized spacial score (nSPS) is 16.2. The molecule has 218 valence electrons. The smallest absolute Gasteiger partial charge is 0.320 e.